The van der Waals surface area contributed by atoms with Crippen LogP contribution in [-0.2, 0) is 13.1 Å². The average Bonchev–Trinajstić information content (AvgIpc) is 3.10. The molecule has 0 atom stereocenters. The van der Waals surface area contributed by atoms with E-state index >= 15 is 0 Å². The Hall–Kier alpha value is -3.41. The van der Waals surface area contributed by atoms with E-state index in [0.29, 0.717) is 23.4 Å². The zero-order valence-corrected chi connectivity index (χ0v) is 15.3. The number of imidazole rings is 1. The third kappa shape index (κ3) is 2.89. The lowest BCUT2D eigenvalue weighted by atomic mass is 10.2. The van der Waals surface area contributed by atoms with Gasteiger partial charge in [-0.15, -0.1) is 0 Å². The Morgan fingerprint density at radius 1 is 1.00 bits per heavy atom. The van der Waals surface area contributed by atoms with Gasteiger partial charge in [-0.1, -0.05) is 42.5 Å². The van der Waals surface area contributed by atoms with Crippen molar-refractivity contribution in [2.24, 2.45) is 0 Å². The zero-order valence-electron chi connectivity index (χ0n) is 15.3. The van der Waals surface area contributed by atoms with E-state index in [1.807, 2.05) is 68.4 Å². The summed E-state index contributed by atoms with van der Waals surface area (Å²) in [4.78, 5) is 30.8. The molecule has 6 heteroatoms. The third-order valence-corrected chi connectivity index (χ3v) is 4.68. The molecule has 0 N–H and O–H groups in total. The van der Waals surface area contributed by atoms with Crippen LogP contribution >= 0.6 is 0 Å². The van der Waals surface area contributed by atoms with Crippen molar-refractivity contribution < 1.29 is 0 Å². The lowest BCUT2D eigenvalue weighted by Gasteiger charge is -2.13. The molecule has 4 rings (SSSR count). The molecule has 0 aliphatic heterocycles. The van der Waals surface area contributed by atoms with Gasteiger partial charge in [0.1, 0.15) is 0 Å². The molecule has 0 bridgehead atoms. The summed E-state index contributed by atoms with van der Waals surface area (Å²) in [6.07, 6.45) is 1.62. The first-order valence-corrected chi connectivity index (χ1v) is 8.92. The number of benzene rings is 2. The number of hydrogen-bond donors (Lipinski definition) is 0. The van der Waals surface area contributed by atoms with Gasteiger partial charge in [0.2, 0.25) is 0 Å². The standard InChI is InChI=1S/C21H20N4O2/c1-3-23-14-22-19-18(23)20(26)24(13-16-9-5-4-6-10-16)21(27)25(19)17-11-7-8-15(2)12-17/h4-12,14H,3,13H2,1-2H3. The fraction of sp³-hybridized carbons (Fsp3) is 0.190. The molecule has 6 nitrogen and oxygen atoms in total. The first-order chi connectivity index (χ1) is 13.1. The minimum atomic E-state index is -0.386. The molecule has 0 radical (unpaired) electrons. The molecular formula is C21H20N4O2. The highest BCUT2D eigenvalue weighted by molar-refractivity contribution is 5.72. The molecule has 0 aliphatic rings. The summed E-state index contributed by atoms with van der Waals surface area (Å²) in [6, 6.07) is 17.2. The topological polar surface area (TPSA) is 61.8 Å². The number of fused-ring (bicyclic) bond motifs is 1. The second-order valence-electron chi connectivity index (χ2n) is 6.54. The fourth-order valence-electron chi connectivity index (χ4n) is 3.32. The van der Waals surface area contributed by atoms with Gasteiger partial charge in [-0.05, 0) is 37.1 Å². The Kier molecular flexibility index (Phi) is 4.24. The average molecular weight is 360 g/mol. The number of hydrogen-bond acceptors (Lipinski definition) is 3. The molecule has 27 heavy (non-hydrogen) atoms. The molecule has 0 saturated heterocycles. The summed E-state index contributed by atoms with van der Waals surface area (Å²) in [7, 11) is 0. The van der Waals surface area contributed by atoms with E-state index in [4.69, 9.17) is 0 Å². The predicted molar refractivity (Wildman–Crippen MR) is 106 cm³/mol. The maximum absolute atomic E-state index is 13.3. The third-order valence-electron chi connectivity index (χ3n) is 4.68. The lowest BCUT2D eigenvalue weighted by molar-refractivity contribution is 0.675. The first-order valence-electron chi connectivity index (χ1n) is 8.92. The Balaban J connectivity index is 2.06. The molecule has 0 amide bonds. The summed E-state index contributed by atoms with van der Waals surface area (Å²) in [5.74, 6) is 0. The van der Waals surface area contributed by atoms with Crippen molar-refractivity contribution in [2.75, 3.05) is 0 Å². The highest BCUT2D eigenvalue weighted by Gasteiger charge is 2.19. The van der Waals surface area contributed by atoms with Gasteiger partial charge in [-0.2, -0.15) is 0 Å². The lowest BCUT2D eigenvalue weighted by Crippen LogP contribution is -2.40. The van der Waals surface area contributed by atoms with E-state index < -0.39 is 0 Å². The van der Waals surface area contributed by atoms with Crippen molar-refractivity contribution in [3.8, 4) is 5.69 Å². The van der Waals surface area contributed by atoms with Crippen molar-refractivity contribution in [1.29, 1.82) is 0 Å². The molecule has 0 saturated carbocycles. The van der Waals surface area contributed by atoms with E-state index in [2.05, 4.69) is 4.98 Å². The molecule has 0 unspecified atom stereocenters. The van der Waals surface area contributed by atoms with Crippen molar-refractivity contribution >= 4 is 11.2 Å². The monoisotopic (exact) mass is 360 g/mol. The van der Waals surface area contributed by atoms with Gasteiger partial charge in [-0.3, -0.25) is 9.36 Å². The van der Waals surface area contributed by atoms with Crippen LogP contribution in [0.1, 0.15) is 18.1 Å². The van der Waals surface area contributed by atoms with Crippen LogP contribution in [0.4, 0.5) is 0 Å². The van der Waals surface area contributed by atoms with Crippen LogP contribution in [0.15, 0.2) is 70.5 Å². The van der Waals surface area contributed by atoms with E-state index in [9.17, 15) is 9.59 Å². The van der Waals surface area contributed by atoms with Gasteiger partial charge in [0.05, 0.1) is 18.6 Å². The molecule has 136 valence electrons. The van der Waals surface area contributed by atoms with Crippen LogP contribution in [0.25, 0.3) is 16.9 Å². The van der Waals surface area contributed by atoms with E-state index in [-0.39, 0.29) is 17.8 Å². The molecule has 2 aromatic carbocycles. The normalized spacial score (nSPS) is 11.2. The zero-order chi connectivity index (χ0) is 19.0. The van der Waals surface area contributed by atoms with Gasteiger partial charge < -0.3 is 4.57 Å². The molecule has 0 spiro atoms. The van der Waals surface area contributed by atoms with Crippen LogP contribution in [-0.4, -0.2) is 18.7 Å². The second-order valence-corrected chi connectivity index (χ2v) is 6.54. The highest BCUT2D eigenvalue weighted by Crippen LogP contribution is 2.14. The fourth-order valence-corrected chi connectivity index (χ4v) is 3.32. The first kappa shape index (κ1) is 17.0. The van der Waals surface area contributed by atoms with Crippen molar-refractivity contribution in [1.82, 2.24) is 18.7 Å². The molecule has 2 heterocycles. The molecule has 2 aromatic heterocycles. The largest absolute Gasteiger partial charge is 0.337 e. The summed E-state index contributed by atoms with van der Waals surface area (Å²) >= 11 is 0. The van der Waals surface area contributed by atoms with E-state index in [0.717, 1.165) is 11.1 Å². The van der Waals surface area contributed by atoms with Crippen molar-refractivity contribution in [3.63, 3.8) is 0 Å². The quantitative estimate of drug-likeness (QED) is 0.562. The van der Waals surface area contributed by atoms with Crippen molar-refractivity contribution in [3.05, 3.63) is 92.9 Å². The van der Waals surface area contributed by atoms with E-state index in [1.54, 1.807) is 10.9 Å². The highest BCUT2D eigenvalue weighted by atomic mass is 16.2. The van der Waals surface area contributed by atoms with E-state index in [1.165, 1.54) is 9.13 Å². The summed E-state index contributed by atoms with van der Waals surface area (Å²) < 4.78 is 4.59. The minimum Gasteiger partial charge on any atom is -0.325 e. The second kappa shape index (κ2) is 6.72. The van der Waals surface area contributed by atoms with Crippen LogP contribution in [0.2, 0.25) is 0 Å². The molecule has 0 fully saturated rings. The SMILES string of the molecule is CCn1cnc2c1c(=O)n(Cc1ccccc1)c(=O)n2-c1cccc(C)c1. The minimum absolute atomic E-state index is 0.217. The molecule has 0 aliphatic carbocycles. The smallest absolute Gasteiger partial charge is 0.325 e. The Morgan fingerprint density at radius 2 is 1.78 bits per heavy atom. The molecule has 4 aromatic rings. The molecular weight excluding hydrogens is 340 g/mol. The summed E-state index contributed by atoms with van der Waals surface area (Å²) in [6.45, 7) is 4.73. The Labute approximate surface area is 156 Å². The predicted octanol–water partition coefficient (Wildman–Crippen LogP) is 2.73. The maximum Gasteiger partial charge on any atom is 0.337 e. The van der Waals surface area contributed by atoms with Crippen LogP contribution < -0.4 is 11.2 Å². The number of nitrogens with zero attached hydrogens (tertiary/aromatic N) is 4. The van der Waals surface area contributed by atoms with Gasteiger partial charge in [0.15, 0.2) is 11.2 Å². The van der Waals surface area contributed by atoms with Crippen molar-refractivity contribution in [2.45, 2.75) is 26.9 Å². The van der Waals surface area contributed by atoms with Crippen LogP contribution in [0.5, 0.6) is 0 Å². The summed E-state index contributed by atoms with van der Waals surface area (Å²) in [5.41, 5.74) is 2.76. The maximum atomic E-state index is 13.3. The van der Waals surface area contributed by atoms with Gasteiger partial charge in [0.25, 0.3) is 5.56 Å². The Morgan fingerprint density at radius 3 is 2.48 bits per heavy atom. The van der Waals surface area contributed by atoms with Crippen LogP contribution in [0.3, 0.4) is 0 Å². The van der Waals surface area contributed by atoms with Gasteiger partial charge in [-0.25, -0.2) is 14.3 Å². The van der Waals surface area contributed by atoms with Crippen LogP contribution in [0, 0.1) is 6.92 Å². The number of rotatable bonds is 4. The number of aromatic nitrogens is 4. The number of aryl methyl sites for hydroxylation is 2. The van der Waals surface area contributed by atoms with Gasteiger partial charge >= 0.3 is 5.69 Å². The summed E-state index contributed by atoms with van der Waals surface area (Å²) in [5, 5.41) is 0. The Bertz CT molecular complexity index is 1230. The van der Waals surface area contributed by atoms with Gasteiger partial charge in [0, 0.05) is 6.54 Å².